The number of esters is 2. The summed E-state index contributed by atoms with van der Waals surface area (Å²) in [6.07, 6.45) is 30.0. The summed E-state index contributed by atoms with van der Waals surface area (Å²) in [5.41, 5.74) is 0. The molecule has 4 heteroatoms. The van der Waals surface area contributed by atoms with Crippen molar-refractivity contribution < 1.29 is 19.1 Å². The van der Waals surface area contributed by atoms with Crippen molar-refractivity contribution in [2.45, 2.75) is 154 Å². The van der Waals surface area contributed by atoms with E-state index in [0.717, 1.165) is 31.4 Å². The van der Waals surface area contributed by atoms with E-state index in [2.05, 4.69) is 20.1 Å². The monoisotopic (exact) mass is 478 g/mol. The number of carbonyl (C=O) groups is 2. The molecule has 0 saturated carbocycles. The van der Waals surface area contributed by atoms with E-state index >= 15 is 0 Å². The van der Waals surface area contributed by atoms with Crippen molar-refractivity contribution in [3.63, 3.8) is 0 Å². The lowest BCUT2D eigenvalue weighted by molar-refractivity contribution is -0.182. The Morgan fingerprint density at radius 2 is 0.794 bits per heavy atom. The topological polar surface area (TPSA) is 52.6 Å². The van der Waals surface area contributed by atoms with Crippen LogP contribution in [0.25, 0.3) is 0 Å². The molecule has 0 radical (unpaired) electrons. The van der Waals surface area contributed by atoms with Gasteiger partial charge in [-0.2, -0.15) is 0 Å². The van der Waals surface area contributed by atoms with Gasteiger partial charge in [-0.05, 0) is 6.42 Å². The second-order valence-corrected chi connectivity index (χ2v) is 9.57. The van der Waals surface area contributed by atoms with Crippen LogP contribution in [0.3, 0.4) is 0 Å². The van der Waals surface area contributed by atoms with Crippen LogP contribution >= 0.6 is 0 Å². The zero-order chi connectivity index (χ0) is 25.1. The molecule has 0 rings (SSSR count). The SMILES string of the molecule is C=CC(=O)OC(CCCCCCCCCCCCCCCCCCCCCCC)OC(=O)C=C. The van der Waals surface area contributed by atoms with Crippen molar-refractivity contribution in [3.8, 4) is 0 Å². The van der Waals surface area contributed by atoms with Gasteiger partial charge in [0.2, 0.25) is 6.29 Å². The van der Waals surface area contributed by atoms with Gasteiger partial charge < -0.3 is 9.47 Å². The van der Waals surface area contributed by atoms with Gasteiger partial charge >= 0.3 is 11.9 Å². The van der Waals surface area contributed by atoms with E-state index in [1.807, 2.05) is 0 Å². The van der Waals surface area contributed by atoms with Crippen LogP contribution in [0.15, 0.2) is 25.3 Å². The third kappa shape index (κ3) is 23.6. The van der Waals surface area contributed by atoms with E-state index < -0.39 is 18.2 Å². The van der Waals surface area contributed by atoms with Crippen LogP contribution < -0.4 is 0 Å². The predicted molar refractivity (Wildman–Crippen MR) is 144 cm³/mol. The Kier molecular flexibility index (Phi) is 24.8. The summed E-state index contributed by atoms with van der Waals surface area (Å²) in [6, 6.07) is 0. The average Bonchev–Trinajstić information content (AvgIpc) is 2.84. The molecule has 198 valence electrons. The fraction of sp³-hybridized carbons (Fsp3) is 0.800. The Morgan fingerprint density at radius 1 is 0.529 bits per heavy atom. The molecule has 0 amide bonds. The van der Waals surface area contributed by atoms with Gasteiger partial charge in [-0.3, -0.25) is 0 Å². The Bertz CT molecular complexity index is 478. The van der Waals surface area contributed by atoms with Gasteiger partial charge in [-0.15, -0.1) is 0 Å². The van der Waals surface area contributed by atoms with Crippen molar-refractivity contribution in [1.82, 2.24) is 0 Å². The first-order chi connectivity index (χ1) is 16.6. The van der Waals surface area contributed by atoms with Gasteiger partial charge in [0, 0.05) is 18.6 Å². The minimum atomic E-state index is -0.851. The van der Waals surface area contributed by atoms with E-state index in [1.54, 1.807) is 0 Å². The molecule has 0 aliphatic heterocycles. The maximum Gasteiger partial charge on any atom is 0.333 e. The number of carbonyl (C=O) groups excluding carboxylic acids is 2. The first kappa shape index (κ1) is 32.4. The highest BCUT2D eigenvalue weighted by Crippen LogP contribution is 2.16. The predicted octanol–water partition coefficient (Wildman–Crippen LogP) is 9.37. The first-order valence-electron chi connectivity index (χ1n) is 14.3. The number of unbranched alkanes of at least 4 members (excludes halogenated alkanes) is 20. The highest BCUT2D eigenvalue weighted by atomic mass is 16.7. The molecule has 0 heterocycles. The maximum atomic E-state index is 11.4. The molecule has 0 aliphatic carbocycles. The summed E-state index contributed by atoms with van der Waals surface area (Å²) in [5, 5.41) is 0. The standard InChI is InChI=1S/C30H54O4/c1-4-7-8-9-10-11-12-13-14-15-16-17-18-19-20-21-22-23-24-25-26-27-30(33-28(31)5-2)34-29(32)6-3/h5-6,30H,2-4,7-27H2,1H3. The number of ether oxygens (including phenoxy) is 2. The minimum absolute atomic E-state index is 0.512. The molecule has 0 spiro atoms. The molecule has 0 saturated heterocycles. The zero-order valence-electron chi connectivity index (χ0n) is 22.3. The molecule has 0 N–H and O–H groups in total. The lowest BCUT2D eigenvalue weighted by Gasteiger charge is -2.16. The van der Waals surface area contributed by atoms with Crippen LogP contribution in [-0.2, 0) is 19.1 Å². The molecule has 4 nitrogen and oxygen atoms in total. The quantitative estimate of drug-likeness (QED) is 0.0537. The fourth-order valence-electron chi connectivity index (χ4n) is 4.24. The lowest BCUT2D eigenvalue weighted by Crippen LogP contribution is -2.23. The molecular weight excluding hydrogens is 424 g/mol. The molecule has 0 atom stereocenters. The summed E-state index contributed by atoms with van der Waals surface area (Å²) >= 11 is 0. The van der Waals surface area contributed by atoms with Crippen LogP contribution in [0.5, 0.6) is 0 Å². The van der Waals surface area contributed by atoms with Crippen molar-refractivity contribution in [3.05, 3.63) is 25.3 Å². The van der Waals surface area contributed by atoms with Gasteiger partial charge in [-0.1, -0.05) is 148 Å². The molecule has 0 fully saturated rings. The summed E-state index contributed by atoms with van der Waals surface area (Å²) in [4.78, 5) is 22.7. The lowest BCUT2D eigenvalue weighted by atomic mass is 10.0. The third-order valence-electron chi connectivity index (χ3n) is 6.37. The van der Waals surface area contributed by atoms with Crippen LogP contribution in [0.2, 0.25) is 0 Å². The fourth-order valence-corrected chi connectivity index (χ4v) is 4.24. The van der Waals surface area contributed by atoms with E-state index in [-0.39, 0.29) is 0 Å². The molecule has 0 aliphatic rings. The normalized spacial score (nSPS) is 10.9. The largest absolute Gasteiger partial charge is 0.422 e. The van der Waals surface area contributed by atoms with Gasteiger partial charge in [-0.25, -0.2) is 9.59 Å². The second kappa shape index (κ2) is 26.0. The summed E-state index contributed by atoms with van der Waals surface area (Å²) in [6.45, 7) is 9.02. The van der Waals surface area contributed by atoms with Gasteiger partial charge in [0.1, 0.15) is 0 Å². The molecule has 34 heavy (non-hydrogen) atoms. The number of hydrogen-bond donors (Lipinski definition) is 0. The van der Waals surface area contributed by atoms with Crippen LogP contribution in [0, 0.1) is 0 Å². The molecule has 0 aromatic carbocycles. The van der Waals surface area contributed by atoms with Crippen molar-refractivity contribution in [2.24, 2.45) is 0 Å². The number of rotatable bonds is 26. The van der Waals surface area contributed by atoms with E-state index in [9.17, 15) is 9.59 Å². The van der Waals surface area contributed by atoms with Gasteiger partial charge in [0.05, 0.1) is 0 Å². The van der Waals surface area contributed by atoms with E-state index in [1.165, 1.54) is 116 Å². The van der Waals surface area contributed by atoms with Crippen LogP contribution in [0.1, 0.15) is 148 Å². The van der Waals surface area contributed by atoms with Crippen molar-refractivity contribution in [2.75, 3.05) is 0 Å². The van der Waals surface area contributed by atoms with Gasteiger partial charge in [0.15, 0.2) is 0 Å². The van der Waals surface area contributed by atoms with Crippen LogP contribution in [-0.4, -0.2) is 18.2 Å². The average molecular weight is 479 g/mol. The van der Waals surface area contributed by atoms with E-state index in [0.29, 0.717) is 6.42 Å². The highest BCUT2D eigenvalue weighted by Gasteiger charge is 2.15. The highest BCUT2D eigenvalue weighted by molar-refractivity contribution is 5.83. The van der Waals surface area contributed by atoms with Crippen molar-refractivity contribution in [1.29, 1.82) is 0 Å². The summed E-state index contributed by atoms with van der Waals surface area (Å²) < 4.78 is 10.1. The molecule has 0 aromatic heterocycles. The molecule has 0 bridgehead atoms. The third-order valence-corrected chi connectivity index (χ3v) is 6.37. The Balaban J connectivity index is 3.38. The van der Waals surface area contributed by atoms with Gasteiger partial charge in [0.25, 0.3) is 0 Å². The second-order valence-electron chi connectivity index (χ2n) is 9.57. The van der Waals surface area contributed by atoms with Crippen LogP contribution in [0.4, 0.5) is 0 Å². The maximum absolute atomic E-state index is 11.4. The summed E-state index contributed by atoms with van der Waals surface area (Å²) in [7, 11) is 0. The molecule has 0 unspecified atom stereocenters. The Hall–Kier alpha value is -1.58. The number of hydrogen-bond acceptors (Lipinski definition) is 4. The smallest absolute Gasteiger partial charge is 0.333 e. The summed E-state index contributed by atoms with van der Waals surface area (Å²) in [5.74, 6) is -1.16. The zero-order valence-corrected chi connectivity index (χ0v) is 22.3. The Morgan fingerprint density at radius 3 is 1.06 bits per heavy atom. The van der Waals surface area contributed by atoms with E-state index in [4.69, 9.17) is 9.47 Å². The molecule has 0 aromatic rings. The van der Waals surface area contributed by atoms with Crippen molar-refractivity contribution >= 4 is 11.9 Å². The minimum Gasteiger partial charge on any atom is -0.422 e. The Labute approximate surface area is 210 Å². The first-order valence-corrected chi connectivity index (χ1v) is 14.3. The molecular formula is C30H54O4.